The van der Waals surface area contributed by atoms with Gasteiger partial charge in [0.25, 0.3) is 0 Å². The Labute approximate surface area is 134 Å². The fourth-order valence-electron chi connectivity index (χ4n) is 2.70. The minimum absolute atomic E-state index is 0.535. The maximum absolute atomic E-state index is 11.2. The third-order valence-electron chi connectivity index (χ3n) is 3.70. The first-order valence-electron chi connectivity index (χ1n) is 7.19. The van der Waals surface area contributed by atoms with Crippen molar-refractivity contribution in [1.29, 1.82) is 0 Å². The van der Waals surface area contributed by atoms with E-state index in [1.54, 1.807) is 7.11 Å². The van der Waals surface area contributed by atoms with Gasteiger partial charge in [-0.15, -0.1) is 0 Å². The van der Waals surface area contributed by atoms with E-state index in [0.29, 0.717) is 12.8 Å². The Morgan fingerprint density at radius 2 is 1.86 bits per heavy atom. The van der Waals surface area contributed by atoms with Gasteiger partial charge in [-0.3, -0.25) is 0 Å². The van der Waals surface area contributed by atoms with E-state index in [-0.39, 0.29) is 0 Å². The van der Waals surface area contributed by atoms with E-state index >= 15 is 0 Å². The summed E-state index contributed by atoms with van der Waals surface area (Å²) >= 11 is 3.49. The summed E-state index contributed by atoms with van der Waals surface area (Å²) in [6.07, 6.45) is 2.17. The summed E-state index contributed by atoms with van der Waals surface area (Å²) in [5, 5.41) is 11.2. The van der Waals surface area contributed by atoms with Crippen LogP contribution in [0, 0.1) is 0 Å². The van der Waals surface area contributed by atoms with E-state index in [0.717, 1.165) is 27.8 Å². The zero-order chi connectivity index (χ0) is 15.3. The summed E-state index contributed by atoms with van der Waals surface area (Å²) in [5.41, 5.74) is 1.09. The summed E-state index contributed by atoms with van der Waals surface area (Å²) in [7, 11) is 1.66. The summed E-state index contributed by atoms with van der Waals surface area (Å²) < 4.78 is 6.42. The fraction of sp³-hybridized carbons (Fsp3) is 0.333. The molecular weight excluding hydrogens is 328 g/mol. The first-order valence-corrected chi connectivity index (χ1v) is 7.98. The van der Waals surface area contributed by atoms with E-state index in [9.17, 15) is 5.11 Å². The lowest BCUT2D eigenvalue weighted by atomic mass is 9.83. The molecule has 2 aromatic rings. The Morgan fingerprint density at radius 1 is 1.14 bits per heavy atom. The van der Waals surface area contributed by atoms with E-state index in [1.807, 2.05) is 48.5 Å². The Morgan fingerprint density at radius 3 is 2.48 bits per heavy atom. The highest BCUT2D eigenvalue weighted by molar-refractivity contribution is 9.10. The van der Waals surface area contributed by atoms with Gasteiger partial charge in [-0.05, 0) is 35.7 Å². The minimum atomic E-state index is -0.871. The number of halogens is 1. The zero-order valence-electron chi connectivity index (χ0n) is 12.5. The average Bonchev–Trinajstić information content (AvgIpc) is 2.48. The quantitative estimate of drug-likeness (QED) is 0.820. The predicted molar refractivity (Wildman–Crippen MR) is 89.6 cm³/mol. The monoisotopic (exact) mass is 348 g/mol. The van der Waals surface area contributed by atoms with Gasteiger partial charge in [0, 0.05) is 10.9 Å². The molecule has 2 rings (SSSR count). The van der Waals surface area contributed by atoms with Crippen molar-refractivity contribution in [3.05, 3.63) is 64.1 Å². The fourth-order valence-corrected chi connectivity index (χ4v) is 3.11. The standard InChI is InChI=1S/C18H21BrO2/c1-3-11-18(20,15-7-5-4-6-8-15)13-14-12-16(19)9-10-17(14)21-2/h4-10,12,20H,3,11,13H2,1-2H3. The second-order valence-electron chi connectivity index (χ2n) is 5.28. The van der Waals surface area contributed by atoms with Crippen LogP contribution in [0.25, 0.3) is 0 Å². The van der Waals surface area contributed by atoms with Crippen LogP contribution in [-0.2, 0) is 12.0 Å². The normalized spacial score (nSPS) is 13.7. The van der Waals surface area contributed by atoms with Crippen molar-refractivity contribution in [2.75, 3.05) is 7.11 Å². The number of rotatable bonds is 6. The molecule has 0 bridgehead atoms. The summed E-state index contributed by atoms with van der Waals surface area (Å²) in [5.74, 6) is 0.809. The molecule has 0 heterocycles. The third-order valence-corrected chi connectivity index (χ3v) is 4.19. The third kappa shape index (κ3) is 3.86. The van der Waals surface area contributed by atoms with Crippen molar-refractivity contribution in [3.63, 3.8) is 0 Å². The van der Waals surface area contributed by atoms with Crippen LogP contribution in [-0.4, -0.2) is 12.2 Å². The summed E-state index contributed by atoms with van der Waals surface area (Å²) in [6, 6.07) is 15.8. The van der Waals surface area contributed by atoms with Crippen molar-refractivity contribution >= 4 is 15.9 Å². The Kier molecular flexibility index (Phi) is 5.43. The van der Waals surface area contributed by atoms with Crippen molar-refractivity contribution in [1.82, 2.24) is 0 Å². The second kappa shape index (κ2) is 7.10. The van der Waals surface area contributed by atoms with Crippen LogP contribution in [0.5, 0.6) is 5.75 Å². The molecule has 2 nitrogen and oxygen atoms in total. The molecule has 21 heavy (non-hydrogen) atoms. The van der Waals surface area contributed by atoms with Gasteiger partial charge in [-0.2, -0.15) is 0 Å². The van der Waals surface area contributed by atoms with Gasteiger partial charge >= 0.3 is 0 Å². The van der Waals surface area contributed by atoms with E-state index in [4.69, 9.17) is 4.74 Å². The molecule has 0 amide bonds. The number of hydrogen-bond acceptors (Lipinski definition) is 2. The highest BCUT2D eigenvalue weighted by Crippen LogP contribution is 2.34. The molecule has 0 spiro atoms. The van der Waals surface area contributed by atoms with Gasteiger partial charge in [-0.25, -0.2) is 0 Å². The summed E-state index contributed by atoms with van der Waals surface area (Å²) in [6.45, 7) is 2.09. The van der Waals surface area contributed by atoms with Crippen molar-refractivity contribution in [3.8, 4) is 5.75 Å². The lowest BCUT2D eigenvalue weighted by Gasteiger charge is -2.29. The molecule has 3 heteroatoms. The molecule has 0 saturated heterocycles. The van der Waals surface area contributed by atoms with Gasteiger partial charge in [-0.1, -0.05) is 59.6 Å². The number of aliphatic hydroxyl groups is 1. The van der Waals surface area contributed by atoms with Crippen LogP contribution in [0.15, 0.2) is 53.0 Å². The van der Waals surface area contributed by atoms with Gasteiger partial charge in [0.2, 0.25) is 0 Å². The lowest BCUT2D eigenvalue weighted by molar-refractivity contribution is 0.0263. The van der Waals surface area contributed by atoms with Crippen LogP contribution in [0.4, 0.5) is 0 Å². The first kappa shape index (κ1) is 16.1. The molecule has 0 aromatic heterocycles. The highest BCUT2D eigenvalue weighted by atomic mass is 79.9. The van der Waals surface area contributed by atoms with Crippen LogP contribution in [0.1, 0.15) is 30.9 Å². The van der Waals surface area contributed by atoms with Crippen molar-refractivity contribution in [2.45, 2.75) is 31.8 Å². The number of hydrogen-bond donors (Lipinski definition) is 1. The Hall–Kier alpha value is -1.32. The maximum atomic E-state index is 11.2. The first-order chi connectivity index (χ1) is 10.1. The molecule has 2 aromatic carbocycles. The summed E-state index contributed by atoms with van der Waals surface area (Å²) in [4.78, 5) is 0. The molecule has 0 aliphatic carbocycles. The molecule has 0 saturated carbocycles. The molecule has 0 aliphatic rings. The van der Waals surface area contributed by atoms with E-state index < -0.39 is 5.60 Å². The van der Waals surface area contributed by atoms with E-state index in [2.05, 4.69) is 22.9 Å². The maximum Gasteiger partial charge on any atom is 0.122 e. The molecule has 0 aliphatic heterocycles. The van der Waals surface area contributed by atoms with Crippen molar-refractivity contribution < 1.29 is 9.84 Å². The number of methoxy groups -OCH3 is 1. The van der Waals surface area contributed by atoms with Crippen LogP contribution in [0.3, 0.4) is 0 Å². The van der Waals surface area contributed by atoms with Gasteiger partial charge < -0.3 is 9.84 Å². The topological polar surface area (TPSA) is 29.5 Å². The van der Waals surface area contributed by atoms with Gasteiger partial charge in [0.1, 0.15) is 5.75 Å². The molecule has 112 valence electrons. The van der Waals surface area contributed by atoms with Crippen LogP contribution < -0.4 is 4.74 Å². The average molecular weight is 349 g/mol. The largest absolute Gasteiger partial charge is 0.496 e. The van der Waals surface area contributed by atoms with E-state index in [1.165, 1.54) is 0 Å². The second-order valence-corrected chi connectivity index (χ2v) is 6.20. The molecule has 1 unspecified atom stereocenters. The van der Waals surface area contributed by atoms with Crippen molar-refractivity contribution in [2.24, 2.45) is 0 Å². The lowest BCUT2D eigenvalue weighted by Crippen LogP contribution is -2.28. The highest BCUT2D eigenvalue weighted by Gasteiger charge is 2.29. The molecule has 1 N–H and O–H groups in total. The number of benzene rings is 2. The Bertz CT molecular complexity index is 583. The molecule has 1 atom stereocenters. The SMILES string of the molecule is CCCC(O)(Cc1cc(Br)ccc1OC)c1ccccc1. The molecule has 0 radical (unpaired) electrons. The Balaban J connectivity index is 2.39. The minimum Gasteiger partial charge on any atom is -0.496 e. The van der Waals surface area contributed by atoms with Crippen LogP contribution in [0.2, 0.25) is 0 Å². The molecule has 0 fully saturated rings. The van der Waals surface area contributed by atoms with Crippen LogP contribution >= 0.6 is 15.9 Å². The number of ether oxygens (including phenoxy) is 1. The zero-order valence-corrected chi connectivity index (χ0v) is 14.1. The smallest absolute Gasteiger partial charge is 0.122 e. The van der Waals surface area contributed by atoms with Gasteiger partial charge in [0.05, 0.1) is 12.7 Å². The van der Waals surface area contributed by atoms with Gasteiger partial charge in [0.15, 0.2) is 0 Å². The molecular formula is C18H21BrO2. The predicted octanol–water partition coefficient (Wildman–Crippen LogP) is 4.69.